The third kappa shape index (κ3) is 1.02. The van der Waals surface area contributed by atoms with Crippen LogP contribution in [0.2, 0.25) is 0 Å². The lowest BCUT2D eigenvalue weighted by atomic mass is 10.1. The number of hydrogen-bond acceptors (Lipinski definition) is 0. The Morgan fingerprint density at radius 1 is 1.29 bits per heavy atom. The van der Waals surface area contributed by atoms with Crippen molar-refractivity contribution in [2.24, 2.45) is 0 Å². The number of aromatic nitrogens is 1. The second-order valence-corrected chi connectivity index (χ2v) is 4.78. The van der Waals surface area contributed by atoms with E-state index in [0.717, 1.165) is 0 Å². The standard InChI is InChI=1S/C13H15N/c1-9-4-3-5-11-10(9)8-12(14-11)13(2)6-7-13/h3-5,8,14H,6-7H2,1-2H3. The van der Waals surface area contributed by atoms with Gasteiger partial charge in [0.25, 0.3) is 0 Å². The highest BCUT2D eigenvalue weighted by Gasteiger charge is 2.40. The van der Waals surface area contributed by atoms with Crippen molar-refractivity contribution in [1.82, 2.24) is 4.98 Å². The molecule has 0 atom stereocenters. The summed E-state index contributed by atoms with van der Waals surface area (Å²) in [5, 5.41) is 1.38. The summed E-state index contributed by atoms with van der Waals surface area (Å²) in [4.78, 5) is 3.54. The lowest BCUT2D eigenvalue weighted by Gasteiger charge is -2.02. The van der Waals surface area contributed by atoms with Crippen LogP contribution < -0.4 is 0 Å². The van der Waals surface area contributed by atoms with Gasteiger partial charge in [0.1, 0.15) is 0 Å². The van der Waals surface area contributed by atoms with Crippen LogP contribution in [0.25, 0.3) is 10.9 Å². The summed E-state index contributed by atoms with van der Waals surface area (Å²) in [5.41, 5.74) is 4.52. The fourth-order valence-electron chi connectivity index (χ4n) is 2.09. The zero-order chi connectivity index (χ0) is 9.76. The van der Waals surface area contributed by atoms with E-state index in [1.54, 1.807) is 0 Å². The highest BCUT2D eigenvalue weighted by Crippen LogP contribution is 2.47. The third-order valence-corrected chi connectivity index (χ3v) is 3.53. The van der Waals surface area contributed by atoms with Crippen LogP contribution in [0.3, 0.4) is 0 Å². The maximum atomic E-state index is 3.54. The monoisotopic (exact) mass is 185 g/mol. The Morgan fingerprint density at radius 3 is 2.71 bits per heavy atom. The Hall–Kier alpha value is -1.24. The molecule has 14 heavy (non-hydrogen) atoms. The van der Waals surface area contributed by atoms with Crippen LogP contribution in [0.1, 0.15) is 31.0 Å². The van der Waals surface area contributed by atoms with Gasteiger partial charge >= 0.3 is 0 Å². The first-order valence-corrected chi connectivity index (χ1v) is 5.28. The Balaban J connectivity index is 2.25. The molecule has 1 nitrogen and oxygen atoms in total. The van der Waals surface area contributed by atoms with Crippen LogP contribution in [0, 0.1) is 6.92 Å². The molecule has 1 aliphatic carbocycles. The number of fused-ring (bicyclic) bond motifs is 1. The van der Waals surface area contributed by atoms with Gasteiger partial charge < -0.3 is 4.98 Å². The van der Waals surface area contributed by atoms with Gasteiger partial charge in [-0.15, -0.1) is 0 Å². The molecule has 1 heterocycles. The summed E-state index contributed by atoms with van der Waals surface area (Å²) in [6.45, 7) is 4.52. The fraction of sp³-hybridized carbons (Fsp3) is 0.385. The topological polar surface area (TPSA) is 15.8 Å². The van der Waals surface area contributed by atoms with Gasteiger partial charge in [0.05, 0.1) is 0 Å². The van der Waals surface area contributed by atoms with E-state index in [4.69, 9.17) is 0 Å². The summed E-state index contributed by atoms with van der Waals surface area (Å²) in [6, 6.07) is 8.79. The summed E-state index contributed by atoms with van der Waals surface area (Å²) in [5.74, 6) is 0. The summed E-state index contributed by atoms with van der Waals surface area (Å²) < 4.78 is 0. The number of benzene rings is 1. The lowest BCUT2D eigenvalue weighted by molar-refractivity contribution is 0.761. The van der Waals surface area contributed by atoms with Crippen molar-refractivity contribution in [2.45, 2.75) is 32.1 Å². The quantitative estimate of drug-likeness (QED) is 0.699. The van der Waals surface area contributed by atoms with Crippen LogP contribution in [-0.4, -0.2) is 4.98 Å². The van der Waals surface area contributed by atoms with E-state index in [9.17, 15) is 0 Å². The second-order valence-electron chi connectivity index (χ2n) is 4.78. The van der Waals surface area contributed by atoms with E-state index in [2.05, 4.69) is 43.1 Å². The molecule has 0 aliphatic heterocycles. The third-order valence-electron chi connectivity index (χ3n) is 3.53. The summed E-state index contributed by atoms with van der Waals surface area (Å²) >= 11 is 0. The Kier molecular flexibility index (Phi) is 1.40. The van der Waals surface area contributed by atoms with Crippen LogP contribution in [-0.2, 0) is 5.41 Å². The van der Waals surface area contributed by atoms with Crippen molar-refractivity contribution in [2.75, 3.05) is 0 Å². The zero-order valence-electron chi connectivity index (χ0n) is 8.72. The molecule has 0 spiro atoms. The molecule has 0 bridgehead atoms. The van der Waals surface area contributed by atoms with Gasteiger partial charge in [-0.25, -0.2) is 0 Å². The number of hydrogen-bond donors (Lipinski definition) is 1. The largest absolute Gasteiger partial charge is 0.358 e. The van der Waals surface area contributed by atoms with Crippen molar-refractivity contribution in [3.05, 3.63) is 35.5 Å². The Morgan fingerprint density at radius 2 is 2.07 bits per heavy atom. The van der Waals surface area contributed by atoms with Gasteiger partial charge in [-0.3, -0.25) is 0 Å². The molecule has 3 rings (SSSR count). The molecule has 1 aromatic heterocycles. The molecule has 1 aliphatic rings. The van der Waals surface area contributed by atoms with Gasteiger partial charge in [0, 0.05) is 22.0 Å². The maximum Gasteiger partial charge on any atom is 0.0458 e. The van der Waals surface area contributed by atoms with E-state index in [1.807, 2.05) is 0 Å². The van der Waals surface area contributed by atoms with Gasteiger partial charge in [0.15, 0.2) is 0 Å². The predicted octanol–water partition coefficient (Wildman–Crippen LogP) is 3.53. The van der Waals surface area contributed by atoms with Crippen LogP contribution >= 0.6 is 0 Å². The van der Waals surface area contributed by atoms with E-state index in [0.29, 0.717) is 5.41 Å². The minimum absolute atomic E-state index is 0.450. The predicted molar refractivity (Wildman–Crippen MR) is 59.6 cm³/mol. The average Bonchev–Trinajstić information content (AvgIpc) is 2.77. The van der Waals surface area contributed by atoms with Gasteiger partial charge in [0.2, 0.25) is 0 Å². The molecule has 0 unspecified atom stereocenters. The first-order chi connectivity index (χ1) is 6.69. The van der Waals surface area contributed by atoms with Gasteiger partial charge in [-0.2, -0.15) is 0 Å². The first-order valence-electron chi connectivity index (χ1n) is 5.28. The zero-order valence-corrected chi connectivity index (χ0v) is 8.72. The van der Waals surface area contributed by atoms with E-state index in [1.165, 1.54) is 35.0 Å². The molecule has 1 N–H and O–H groups in total. The molecule has 0 amide bonds. The SMILES string of the molecule is Cc1cccc2[nH]c(C3(C)CC3)cc12. The number of nitrogens with one attached hydrogen (secondary N) is 1. The minimum Gasteiger partial charge on any atom is -0.358 e. The second kappa shape index (κ2) is 2.41. The van der Waals surface area contributed by atoms with E-state index >= 15 is 0 Å². The highest BCUT2D eigenvalue weighted by molar-refractivity contribution is 5.84. The molecule has 0 saturated heterocycles. The number of rotatable bonds is 1. The first kappa shape index (κ1) is 8.10. The molecular formula is C13H15N. The number of aryl methyl sites for hydroxylation is 1. The van der Waals surface area contributed by atoms with Crippen molar-refractivity contribution in [3.8, 4) is 0 Å². The maximum absolute atomic E-state index is 3.54. The molecule has 2 aromatic rings. The Labute approximate surface area is 84.1 Å². The van der Waals surface area contributed by atoms with Crippen LogP contribution in [0.15, 0.2) is 24.3 Å². The molecule has 1 aromatic carbocycles. The van der Waals surface area contributed by atoms with Gasteiger partial charge in [-0.1, -0.05) is 19.1 Å². The van der Waals surface area contributed by atoms with Crippen molar-refractivity contribution in [3.63, 3.8) is 0 Å². The molecular weight excluding hydrogens is 170 g/mol. The van der Waals surface area contributed by atoms with Crippen LogP contribution in [0.4, 0.5) is 0 Å². The number of H-pyrrole nitrogens is 1. The minimum atomic E-state index is 0.450. The molecule has 1 fully saturated rings. The summed E-state index contributed by atoms with van der Waals surface area (Å²) in [7, 11) is 0. The molecule has 1 heteroatoms. The van der Waals surface area contributed by atoms with Crippen molar-refractivity contribution < 1.29 is 0 Å². The van der Waals surface area contributed by atoms with Gasteiger partial charge in [-0.05, 0) is 37.5 Å². The fourth-order valence-corrected chi connectivity index (χ4v) is 2.09. The molecule has 1 saturated carbocycles. The highest BCUT2D eigenvalue weighted by atomic mass is 14.8. The van der Waals surface area contributed by atoms with Crippen LogP contribution in [0.5, 0.6) is 0 Å². The van der Waals surface area contributed by atoms with E-state index in [-0.39, 0.29) is 0 Å². The lowest BCUT2D eigenvalue weighted by Crippen LogP contribution is -1.98. The Bertz CT molecular complexity index is 489. The molecule has 72 valence electrons. The van der Waals surface area contributed by atoms with Crippen molar-refractivity contribution >= 4 is 10.9 Å². The molecule has 0 radical (unpaired) electrons. The van der Waals surface area contributed by atoms with Crippen molar-refractivity contribution in [1.29, 1.82) is 0 Å². The van der Waals surface area contributed by atoms with E-state index < -0.39 is 0 Å². The number of aromatic amines is 1. The average molecular weight is 185 g/mol. The summed E-state index contributed by atoms with van der Waals surface area (Å²) in [6.07, 6.45) is 2.66. The normalized spacial score (nSPS) is 18.7. The smallest absolute Gasteiger partial charge is 0.0458 e.